The smallest absolute Gasteiger partial charge is 0.310 e. The molecule has 194 valence electrons. The summed E-state index contributed by atoms with van der Waals surface area (Å²) in [5.74, 6) is -0.378. The van der Waals surface area contributed by atoms with Crippen LogP contribution in [0.5, 0.6) is 0 Å². The number of hydrogen-bond acceptors (Lipinski definition) is 9. The topological polar surface area (TPSA) is 109 Å². The molecule has 2 saturated carbocycles. The largest absolute Gasteiger partial charge is 0.733 e. The van der Waals surface area contributed by atoms with Crippen LogP contribution in [-0.4, -0.2) is 78.3 Å². The number of methoxy groups -OCH3 is 1. The van der Waals surface area contributed by atoms with Crippen LogP contribution in [-0.2, 0) is 14.3 Å². The van der Waals surface area contributed by atoms with E-state index in [1.54, 1.807) is 19.2 Å². The zero-order valence-electron chi connectivity index (χ0n) is 21.0. The van der Waals surface area contributed by atoms with Gasteiger partial charge in [-0.05, 0) is 63.3 Å². The van der Waals surface area contributed by atoms with Crippen molar-refractivity contribution in [1.82, 2.24) is 4.90 Å². The Kier molecular flexibility index (Phi) is 6.29. The Bertz CT molecular complexity index is 936. The van der Waals surface area contributed by atoms with Crippen LogP contribution in [0.15, 0.2) is 24.3 Å². The van der Waals surface area contributed by atoms with Crippen molar-refractivity contribution in [3.63, 3.8) is 0 Å². The van der Waals surface area contributed by atoms with Crippen LogP contribution < -0.4 is 10.1 Å². The summed E-state index contributed by atoms with van der Waals surface area (Å²) in [4.78, 5) is 17.6. The van der Waals surface area contributed by atoms with E-state index in [2.05, 4.69) is 16.7 Å². The van der Waals surface area contributed by atoms with Crippen molar-refractivity contribution in [3.05, 3.63) is 29.5 Å². The number of aliphatic hydroxyl groups is 1. The monoisotopic (exact) mass is 488 g/mol. The van der Waals surface area contributed by atoms with E-state index in [-0.39, 0.29) is 40.2 Å². The average Bonchev–Trinajstić information content (AvgIpc) is 3.12. The number of rotatable bonds is 5. The van der Waals surface area contributed by atoms with Gasteiger partial charge in [0.25, 0.3) is 0 Å². The summed E-state index contributed by atoms with van der Waals surface area (Å²) in [5, 5.41) is 32.0. The first-order valence-electron chi connectivity index (χ1n) is 12.8. The highest BCUT2D eigenvalue weighted by atomic mass is 16.8. The SMILES string of the molecule is CO[C@]1(C)CCC[C@]2(C)C[C@H]3OC(=O)C(CN4CCN(c5ccc(N([O-])O)cc5)CC4)[C@H]3CC21O. The first-order valence-corrected chi connectivity index (χ1v) is 12.8. The molecule has 0 aromatic heterocycles. The molecule has 2 saturated heterocycles. The van der Waals surface area contributed by atoms with Gasteiger partial charge >= 0.3 is 5.97 Å². The van der Waals surface area contributed by atoms with Crippen molar-refractivity contribution in [3.8, 4) is 0 Å². The number of benzene rings is 1. The highest BCUT2D eigenvalue weighted by Crippen LogP contribution is 2.61. The lowest BCUT2D eigenvalue weighted by atomic mass is 9.49. The molecule has 0 amide bonds. The number of fused-ring (bicyclic) bond motifs is 2. The van der Waals surface area contributed by atoms with Gasteiger partial charge in [0.05, 0.1) is 22.8 Å². The summed E-state index contributed by atoms with van der Waals surface area (Å²) in [6.45, 7) is 8.04. The number of hydrogen-bond donors (Lipinski definition) is 2. The standard InChI is InChI=1S/C26H38N3O6/c1-24-9-4-10-25(2,34-3)26(24,31)15-20-21(23(30)35-22(20)16-24)17-27-11-13-28(14-12-27)18-5-7-19(8-6-18)29(32)33/h5-8,20-22,31-32H,4,9-17H2,1-3H3/q-1/t20-,21?,22-,24-,25-,26?/m1/s1. The van der Waals surface area contributed by atoms with Crippen molar-refractivity contribution in [1.29, 1.82) is 0 Å². The van der Waals surface area contributed by atoms with Crippen molar-refractivity contribution < 1.29 is 24.6 Å². The number of piperazine rings is 1. The van der Waals surface area contributed by atoms with E-state index in [1.807, 2.05) is 19.1 Å². The zero-order chi connectivity index (χ0) is 25.0. The Morgan fingerprint density at radius 2 is 1.83 bits per heavy atom. The Hall–Kier alpha value is -1.91. The molecule has 5 rings (SSSR count). The van der Waals surface area contributed by atoms with Gasteiger partial charge in [-0.15, -0.1) is 0 Å². The molecule has 2 N–H and O–H groups in total. The maximum absolute atomic E-state index is 13.0. The van der Waals surface area contributed by atoms with E-state index in [4.69, 9.17) is 14.7 Å². The second-order valence-corrected chi connectivity index (χ2v) is 11.4. The summed E-state index contributed by atoms with van der Waals surface area (Å²) in [6.07, 6.45) is 3.82. The normalized spacial score (nSPS) is 39.7. The molecule has 1 aromatic carbocycles. The zero-order valence-corrected chi connectivity index (χ0v) is 21.0. The predicted octanol–water partition coefficient (Wildman–Crippen LogP) is 2.78. The van der Waals surface area contributed by atoms with Gasteiger partial charge in [-0.25, -0.2) is 0 Å². The highest BCUT2D eigenvalue weighted by Gasteiger charge is 2.67. The average molecular weight is 489 g/mol. The third-order valence-electron chi connectivity index (χ3n) is 9.72. The van der Waals surface area contributed by atoms with Crippen LogP contribution in [0, 0.1) is 22.5 Å². The molecule has 2 aliphatic carbocycles. The first-order chi connectivity index (χ1) is 16.6. The maximum atomic E-state index is 13.0. The molecule has 4 aliphatic rings. The molecule has 2 aliphatic heterocycles. The molecule has 6 atom stereocenters. The number of ether oxygens (including phenoxy) is 2. The van der Waals surface area contributed by atoms with Gasteiger partial charge in [0.15, 0.2) is 0 Å². The summed E-state index contributed by atoms with van der Waals surface area (Å²) in [6, 6.07) is 6.87. The number of nitrogens with zero attached hydrogens (tertiary/aromatic N) is 3. The Labute approximate surface area is 207 Å². The van der Waals surface area contributed by atoms with Gasteiger partial charge in [0.1, 0.15) is 6.10 Å². The summed E-state index contributed by atoms with van der Waals surface area (Å²) >= 11 is 0. The quantitative estimate of drug-likeness (QED) is 0.478. The molecule has 9 heteroatoms. The van der Waals surface area contributed by atoms with Gasteiger partial charge < -0.3 is 29.9 Å². The Balaban J connectivity index is 1.25. The van der Waals surface area contributed by atoms with Gasteiger partial charge in [0.2, 0.25) is 0 Å². The second kappa shape index (κ2) is 8.88. The maximum Gasteiger partial charge on any atom is 0.310 e. The molecule has 4 fully saturated rings. The van der Waals surface area contributed by atoms with Gasteiger partial charge in [0, 0.05) is 56.9 Å². The molecule has 2 heterocycles. The summed E-state index contributed by atoms with van der Waals surface area (Å²) < 4.78 is 11.8. The molecule has 2 unspecified atom stereocenters. The van der Waals surface area contributed by atoms with E-state index in [0.29, 0.717) is 19.4 Å². The predicted molar refractivity (Wildman–Crippen MR) is 131 cm³/mol. The molecule has 9 nitrogen and oxygen atoms in total. The number of esters is 1. The number of anilines is 2. The molecular formula is C26H38N3O6-. The molecule has 35 heavy (non-hydrogen) atoms. The lowest BCUT2D eigenvalue weighted by Gasteiger charge is -2.62. The van der Waals surface area contributed by atoms with E-state index in [0.717, 1.165) is 51.1 Å². The van der Waals surface area contributed by atoms with Crippen LogP contribution in [0.2, 0.25) is 0 Å². The molecule has 0 bridgehead atoms. The molecular weight excluding hydrogens is 450 g/mol. The Morgan fingerprint density at radius 1 is 1.14 bits per heavy atom. The van der Waals surface area contributed by atoms with Crippen molar-refractivity contribution in [2.75, 3.05) is 50.0 Å². The van der Waals surface area contributed by atoms with Crippen LogP contribution in [0.3, 0.4) is 0 Å². The van der Waals surface area contributed by atoms with Gasteiger partial charge in [-0.3, -0.25) is 14.9 Å². The Morgan fingerprint density at radius 3 is 2.46 bits per heavy atom. The van der Waals surface area contributed by atoms with Crippen LogP contribution >= 0.6 is 0 Å². The molecule has 1 aromatic rings. The summed E-state index contributed by atoms with van der Waals surface area (Å²) in [5.41, 5.74) is -0.733. The lowest BCUT2D eigenvalue weighted by molar-refractivity contribution is -0.270. The van der Waals surface area contributed by atoms with Crippen molar-refractivity contribution in [2.45, 2.75) is 63.3 Å². The minimum Gasteiger partial charge on any atom is -0.733 e. The fraction of sp³-hybridized carbons (Fsp3) is 0.731. The fourth-order valence-corrected chi connectivity index (χ4v) is 7.35. The third-order valence-corrected chi connectivity index (χ3v) is 9.72. The minimum atomic E-state index is -0.987. The number of carbonyl (C=O) groups is 1. The summed E-state index contributed by atoms with van der Waals surface area (Å²) in [7, 11) is 1.69. The van der Waals surface area contributed by atoms with E-state index < -0.39 is 11.2 Å². The second-order valence-electron chi connectivity index (χ2n) is 11.4. The van der Waals surface area contributed by atoms with E-state index in [1.165, 1.54) is 0 Å². The van der Waals surface area contributed by atoms with Crippen molar-refractivity contribution in [2.24, 2.45) is 17.3 Å². The minimum absolute atomic E-state index is 0.00718. The van der Waals surface area contributed by atoms with Gasteiger partial charge in [-0.1, -0.05) is 6.92 Å². The van der Waals surface area contributed by atoms with Crippen LogP contribution in [0.25, 0.3) is 0 Å². The van der Waals surface area contributed by atoms with E-state index >= 15 is 0 Å². The van der Waals surface area contributed by atoms with Crippen LogP contribution in [0.1, 0.15) is 46.0 Å². The lowest BCUT2D eigenvalue weighted by Crippen LogP contribution is -2.69. The van der Waals surface area contributed by atoms with E-state index in [9.17, 15) is 15.1 Å². The molecule has 0 radical (unpaired) electrons. The third kappa shape index (κ3) is 4.01. The van der Waals surface area contributed by atoms with Gasteiger partial charge in [-0.2, -0.15) is 0 Å². The fourth-order valence-electron chi connectivity index (χ4n) is 7.35. The van der Waals surface area contributed by atoms with Crippen molar-refractivity contribution >= 4 is 17.3 Å². The number of carbonyl (C=O) groups excluding carboxylic acids is 1. The molecule has 0 spiro atoms. The first kappa shape index (κ1) is 24.8. The van der Waals surface area contributed by atoms with Crippen LogP contribution in [0.4, 0.5) is 11.4 Å². The highest BCUT2D eigenvalue weighted by molar-refractivity contribution is 5.75.